The van der Waals surface area contributed by atoms with Crippen molar-refractivity contribution in [3.63, 3.8) is 0 Å². The lowest BCUT2D eigenvalue weighted by Crippen LogP contribution is -2.30. The van der Waals surface area contributed by atoms with E-state index < -0.39 is 97.5 Å². The first-order valence-corrected chi connectivity index (χ1v) is 38.2. The van der Waals surface area contributed by atoms with E-state index in [2.05, 4.69) is 55.4 Å². The predicted octanol–water partition coefficient (Wildman–Crippen LogP) is 18.9. The Morgan fingerprint density at radius 3 is 0.816 bits per heavy atom. The maximum atomic E-state index is 13.0. The Morgan fingerprint density at radius 2 is 0.552 bits per heavy atom. The van der Waals surface area contributed by atoms with Crippen LogP contribution >= 0.6 is 15.6 Å². The summed E-state index contributed by atoms with van der Waals surface area (Å²) >= 11 is 0. The third kappa shape index (κ3) is 61.3. The first-order valence-electron chi connectivity index (χ1n) is 35.2. The fraction of sp³-hybridized carbons (Fsp3) is 0.941. The molecule has 19 heteroatoms. The lowest BCUT2D eigenvalue weighted by atomic mass is 9.99. The molecule has 0 aliphatic heterocycles. The molecular weight excluding hydrogens is 1150 g/mol. The number of phosphoric acid groups is 2. The summed E-state index contributed by atoms with van der Waals surface area (Å²) in [6.45, 7) is 14.0. The fourth-order valence-electron chi connectivity index (χ4n) is 10.1. The number of esters is 4. The number of rotatable bonds is 65. The number of carbonyl (C=O) groups is 4. The minimum absolute atomic E-state index is 0.104. The van der Waals surface area contributed by atoms with Crippen molar-refractivity contribution in [2.75, 3.05) is 39.6 Å². The number of aliphatic hydroxyl groups excluding tert-OH is 1. The Bertz CT molecular complexity index is 1730. The number of ether oxygens (including phenoxy) is 4. The van der Waals surface area contributed by atoms with Crippen LogP contribution < -0.4 is 0 Å². The molecule has 0 rings (SSSR count). The summed E-state index contributed by atoms with van der Waals surface area (Å²) in [5.74, 6) is 0.831. The fourth-order valence-corrected chi connectivity index (χ4v) is 11.7. The molecule has 0 aromatic rings. The van der Waals surface area contributed by atoms with Crippen molar-refractivity contribution in [2.45, 2.75) is 350 Å². The van der Waals surface area contributed by atoms with E-state index in [4.69, 9.17) is 37.0 Å². The van der Waals surface area contributed by atoms with Crippen LogP contribution in [0.15, 0.2) is 0 Å². The van der Waals surface area contributed by atoms with Gasteiger partial charge in [-0.1, -0.05) is 280 Å². The van der Waals surface area contributed by atoms with Gasteiger partial charge in [0.1, 0.15) is 19.3 Å². The molecule has 0 fully saturated rings. The first-order chi connectivity index (χ1) is 41.6. The minimum atomic E-state index is -4.95. The van der Waals surface area contributed by atoms with Crippen molar-refractivity contribution < 1.29 is 80.2 Å². The van der Waals surface area contributed by atoms with E-state index in [1.165, 1.54) is 122 Å². The molecule has 4 unspecified atom stereocenters. The minimum Gasteiger partial charge on any atom is -0.462 e. The lowest BCUT2D eigenvalue weighted by Gasteiger charge is -2.21. The molecule has 0 amide bonds. The molecule has 0 aliphatic rings. The summed E-state index contributed by atoms with van der Waals surface area (Å²) in [5, 5.41) is 10.6. The van der Waals surface area contributed by atoms with E-state index in [0.717, 1.165) is 115 Å². The maximum absolute atomic E-state index is 13.0. The topological polar surface area (TPSA) is 237 Å². The molecule has 0 aliphatic carbocycles. The average molecular weight is 1280 g/mol. The summed E-state index contributed by atoms with van der Waals surface area (Å²) < 4.78 is 68.2. The molecule has 17 nitrogen and oxygen atoms in total. The van der Waals surface area contributed by atoms with Gasteiger partial charge in [-0.2, -0.15) is 0 Å². The van der Waals surface area contributed by atoms with Gasteiger partial charge in [0.25, 0.3) is 0 Å². The van der Waals surface area contributed by atoms with Crippen LogP contribution in [0.5, 0.6) is 0 Å². The smallest absolute Gasteiger partial charge is 0.462 e. The van der Waals surface area contributed by atoms with E-state index in [1.54, 1.807) is 0 Å². The molecule has 0 aromatic heterocycles. The van der Waals surface area contributed by atoms with Crippen molar-refractivity contribution in [3.05, 3.63) is 0 Å². The van der Waals surface area contributed by atoms with Gasteiger partial charge in [-0.15, -0.1) is 0 Å². The van der Waals surface area contributed by atoms with Gasteiger partial charge < -0.3 is 33.8 Å². The van der Waals surface area contributed by atoms with Crippen LogP contribution in [0, 0.1) is 23.7 Å². The van der Waals surface area contributed by atoms with E-state index in [1.807, 2.05) is 0 Å². The van der Waals surface area contributed by atoms with Crippen molar-refractivity contribution in [1.82, 2.24) is 0 Å². The Kier molecular flexibility index (Phi) is 56.6. The molecular formula is C68H132O17P2. The third-order valence-electron chi connectivity index (χ3n) is 15.9. The molecule has 0 heterocycles. The number of hydrogen-bond acceptors (Lipinski definition) is 15. The second-order valence-electron chi connectivity index (χ2n) is 26.2. The van der Waals surface area contributed by atoms with Gasteiger partial charge >= 0.3 is 39.5 Å². The summed E-state index contributed by atoms with van der Waals surface area (Å²) in [7, 11) is -9.90. The highest BCUT2D eigenvalue weighted by Gasteiger charge is 2.30. The van der Waals surface area contributed by atoms with Crippen LogP contribution in [0.1, 0.15) is 331 Å². The van der Waals surface area contributed by atoms with Crippen molar-refractivity contribution in [2.24, 2.45) is 23.7 Å². The molecule has 0 saturated carbocycles. The highest BCUT2D eigenvalue weighted by molar-refractivity contribution is 7.47. The zero-order chi connectivity index (χ0) is 64.7. The van der Waals surface area contributed by atoms with Crippen LogP contribution in [-0.4, -0.2) is 96.7 Å². The second-order valence-corrected chi connectivity index (χ2v) is 29.1. The average Bonchev–Trinajstić information content (AvgIpc) is 3.67. The van der Waals surface area contributed by atoms with E-state index >= 15 is 0 Å². The normalized spacial score (nSPS) is 14.6. The van der Waals surface area contributed by atoms with Crippen LogP contribution in [-0.2, 0) is 65.4 Å². The number of carbonyl (C=O) groups excluding carboxylic acids is 4. The first kappa shape index (κ1) is 85.1. The quantitative estimate of drug-likeness (QED) is 0.0222. The molecule has 0 bridgehead atoms. The molecule has 0 aromatic carbocycles. The predicted molar refractivity (Wildman–Crippen MR) is 349 cm³/mol. The van der Waals surface area contributed by atoms with Crippen LogP contribution in [0.4, 0.5) is 0 Å². The zero-order valence-electron chi connectivity index (χ0n) is 56.6. The molecule has 0 spiro atoms. The van der Waals surface area contributed by atoms with Crippen molar-refractivity contribution >= 4 is 39.5 Å². The highest BCUT2D eigenvalue weighted by Crippen LogP contribution is 2.45. The largest absolute Gasteiger partial charge is 0.472 e. The summed E-state index contributed by atoms with van der Waals surface area (Å²) in [6.07, 6.45) is 39.0. The van der Waals surface area contributed by atoms with Crippen LogP contribution in [0.3, 0.4) is 0 Å². The molecule has 516 valence electrons. The van der Waals surface area contributed by atoms with Crippen molar-refractivity contribution in [3.8, 4) is 0 Å². The van der Waals surface area contributed by atoms with Crippen molar-refractivity contribution in [1.29, 1.82) is 0 Å². The van der Waals surface area contributed by atoms with Gasteiger partial charge in [-0.05, 0) is 49.4 Å². The summed E-state index contributed by atoms with van der Waals surface area (Å²) in [5.41, 5.74) is 0. The molecule has 0 saturated heterocycles. The number of unbranched alkanes of at least 4 members (excludes halogenated alkanes) is 30. The third-order valence-corrected chi connectivity index (χ3v) is 17.8. The van der Waals surface area contributed by atoms with Crippen LogP contribution in [0.25, 0.3) is 0 Å². The van der Waals surface area contributed by atoms with Gasteiger partial charge in [0.05, 0.1) is 26.4 Å². The number of hydrogen-bond donors (Lipinski definition) is 3. The van der Waals surface area contributed by atoms with E-state index in [-0.39, 0.29) is 25.7 Å². The van der Waals surface area contributed by atoms with E-state index in [9.17, 15) is 43.2 Å². The SMILES string of the molecule is CCC(C)CCCCCCCCCCCCC(=O)O[C@H](COC(=O)CCCCCCCCCC(C)C)COP(=O)(O)OCC(O)COP(=O)(O)OC[C@@H](COC(=O)CCCCCCCCCC(C)C)OC(=O)CCCCCCCCCCCCC(C)C. The molecule has 0 radical (unpaired) electrons. The van der Waals surface area contributed by atoms with Gasteiger partial charge in [0.15, 0.2) is 12.2 Å². The maximum Gasteiger partial charge on any atom is 0.472 e. The second kappa shape index (κ2) is 57.9. The standard InChI is InChI=1S/C68H132O17P2/c1-9-61(8)47-39-31-23-15-11-13-17-25-35-43-51-68(73)85-64(55-79-66(71)49-41-33-27-19-22-30-38-46-60(6)7)57-83-87(76,77)81-53-62(69)52-80-86(74,75)82-56-63(54-78-65(70)48-40-32-26-18-21-29-37-45-59(4)5)84-67(72)50-42-34-24-16-12-10-14-20-28-36-44-58(2)3/h58-64,69H,9-57H2,1-8H3,(H,74,75)(H,76,77)/t61?,62?,63-,64-/m1/s1. The van der Waals surface area contributed by atoms with Gasteiger partial charge in [-0.3, -0.25) is 37.3 Å². The molecule has 6 atom stereocenters. The number of aliphatic hydroxyl groups is 1. The Hall–Kier alpha value is -1.94. The van der Waals surface area contributed by atoms with E-state index in [0.29, 0.717) is 37.5 Å². The van der Waals surface area contributed by atoms with Gasteiger partial charge in [0, 0.05) is 25.7 Å². The Balaban J connectivity index is 5.26. The van der Waals surface area contributed by atoms with Crippen LogP contribution in [0.2, 0.25) is 0 Å². The lowest BCUT2D eigenvalue weighted by molar-refractivity contribution is -0.161. The Morgan fingerprint density at radius 1 is 0.322 bits per heavy atom. The summed E-state index contributed by atoms with van der Waals surface area (Å²) in [4.78, 5) is 72.4. The molecule has 87 heavy (non-hydrogen) atoms. The molecule has 3 N–H and O–H groups in total. The monoisotopic (exact) mass is 1280 g/mol. The highest BCUT2D eigenvalue weighted by atomic mass is 31.2. The van der Waals surface area contributed by atoms with Gasteiger partial charge in [-0.25, -0.2) is 9.13 Å². The number of phosphoric ester groups is 2. The van der Waals surface area contributed by atoms with Gasteiger partial charge in [0.2, 0.25) is 0 Å². The Labute approximate surface area is 530 Å². The summed E-state index contributed by atoms with van der Waals surface area (Å²) in [6, 6.07) is 0. The zero-order valence-corrected chi connectivity index (χ0v) is 58.4.